The number of nitrogens with one attached hydrogen (secondary N) is 2. The van der Waals surface area contributed by atoms with Gasteiger partial charge in [-0.15, -0.1) is 0 Å². The number of rotatable bonds is 2. The van der Waals surface area contributed by atoms with E-state index in [1.54, 1.807) is 0 Å². The van der Waals surface area contributed by atoms with E-state index in [4.69, 9.17) is 0 Å². The molecule has 2 saturated carbocycles. The van der Waals surface area contributed by atoms with Gasteiger partial charge in [0.25, 0.3) is 5.91 Å². The number of hydrogen-bond donors (Lipinski definition) is 2. The van der Waals surface area contributed by atoms with Gasteiger partial charge in [0.15, 0.2) is 0 Å². The van der Waals surface area contributed by atoms with Gasteiger partial charge in [0.1, 0.15) is 17.3 Å². The Morgan fingerprint density at radius 1 is 1.04 bits per heavy atom. The van der Waals surface area contributed by atoms with Crippen LogP contribution in [-0.2, 0) is 0 Å². The summed E-state index contributed by atoms with van der Waals surface area (Å²) in [4.78, 5) is 15.3. The van der Waals surface area contributed by atoms with Gasteiger partial charge in [-0.3, -0.25) is 4.79 Å². The van der Waals surface area contributed by atoms with Crippen LogP contribution in [0, 0.1) is 17.0 Å². The summed E-state index contributed by atoms with van der Waals surface area (Å²) in [6.45, 7) is 0. The van der Waals surface area contributed by atoms with Gasteiger partial charge < -0.3 is 10.3 Å². The predicted octanol–water partition coefficient (Wildman–Crippen LogP) is 5.07. The van der Waals surface area contributed by atoms with Crippen molar-refractivity contribution in [1.29, 1.82) is 0 Å². The van der Waals surface area contributed by atoms with E-state index in [0.717, 1.165) is 18.9 Å². The number of amides is 1. The molecule has 134 valence electrons. The lowest BCUT2D eigenvalue weighted by molar-refractivity contribution is 0.0832. The summed E-state index contributed by atoms with van der Waals surface area (Å²) < 4.78 is 27.1. The Balaban J connectivity index is 1.42. The minimum atomic E-state index is -0.651. The van der Waals surface area contributed by atoms with E-state index in [9.17, 15) is 13.6 Å². The molecule has 0 saturated heterocycles. The van der Waals surface area contributed by atoms with Crippen LogP contribution in [0.15, 0.2) is 18.2 Å². The largest absolute Gasteiger partial charge is 0.350 e. The van der Waals surface area contributed by atoms with E-state index in [0.29, 0.717) is 10.9 Å². The lowest BCUT2D eigenvalue weighted by Crippen LogP contribution is -2.41. The highest BCUT2D eigenvalue weighted by Gasteiger charge is 2.36. The highest BCUT2D eigenvalue weighted by molar-refractivity contribution is 5.98. The molecule has 4 rings (SSSR count). The van der Waals surface area contributed by atoms with Crippen LogP contribution in [0.5, 0.6) is 0 Å². The van der Waals surface area contributed by atoms with Gasteiger partial charge in [-0.25, -0.2) is 8.78 Å². The fraction of sp³-hybridized carbons (Fsp3) is 0.550. The summed E-state index contributed by atoms with van der Waals surface area (Å²) in [6.07, 6.45) is 11.1. The summed E-state index contributed by atoms with van der Waals surface area (Å²) in [6, 6.07) is 3.68. The second-order valence-corrected chi connectivity index (χ2v) is 7.84. The summed E-state index contributed by atoms with van der Waals surface area (Å²) >= 11 is 0. The number of carbonyl (C=O) groups excluding carboxylic acids is 1. The molecule has 3 nitrogen and oxygen atoms in total. The topological polar surface area (TPSA) is 44.9 Å². The maximum absolute atomic E-state index is 13.8. The van der Waals surface area contributed by atoms with Crippen molar-refractivity contribution in [3.05, 3.63) is 35.5 Å². The van der Waals surface area contributed by atoms with Gasteiger partial charge in [0.05, 0.1) is 5.52 Å². The maximum atomic E-state index is 13.8. The van der Waals surface area contributed by atoms with Crippen LogP contribution in [0.1, 0.15) is 68.3 Å². The number of carbonyl (C=O) groups is 1. The molecule has 2 aromatic rings. The number of halogens is 2. The number of aromatic nitrogens is 1. The lowest BCUT2D eigenvalue weighted by atomic mass is 9.64. The number of H-pyrrole nitrogens is 1. The summed E-state index contributed by atoms with van der Waals surface area (Å²) in [5.41, 5.74) is 1.12. The van der Waals surface area contributed by atoms with Gasteiger partial charge >= 0.3 is 0 Å². The molecule has 1 aromatic heterocycles. The zero-order valence-corrected chi connectivity index (χ0v) is 14.3. The molecule has 25 heavy (non-hydrogen) atoms. The SMILES string of the molecule is O=C(NC1CCC2(CCCCC2)CC1)c1cc2c(F)cc(F)cc2[nH]1. The zero-order valence-electron chi connectivity index (χ0n) is 14.3. The van der Waals surface area contributed by atoms with E-state index in [2.05, 4.69) is 10.3 Å². The molecule has 2 aliphatic rings. The molecular formula is C20H24F2N2O. The normalized spacial score (nSPS) is 20.9. The summed E-state index contributed by atoms with van der Waals surface area (Å²) in [5, 5.41) is 3.31. The van der Waals surface area contributed by atoms with Crippen molar-refractivity contribution in [1.82, 2.24) is 10.3 Å². The van der Waals surface area contributed by atoms with Crippen LogP contribution < -0.4 is 5.32 Å². The Morgan fingerprint density at radius 3 is 2.48 bits per heavy atom. The lowest BCUT2D eigenvalue weighted by Gasteiger charge is -2.43. The molecule has 0 unspecified atom stereocenters. The molecule has 1 heterocycles. The van der Waals surface area contributed by atoms with Crippen molar-refractivity contribution in [2.45, 2.75) is 63.8 Å². The predicted molar refractivity (Wildman–Crippen MR) is 93.5 cm³/mol. The summed E-state index contributed by atoms with van der Waals surface area (Å²) in [5.74, 6) is -1.54. The minimum absolute atomic E-state index is 0.174. The van der Waals surface area contributed by atoms with Crippen molar-refractivity contribution in [3.8, 4) is 0 Å². The number of aromatic amines is 1. The molecule has 0 aliphatic heterocycles. The highest BCUT2D eigenvalue weighted by Crippen LogP contribution is 2.47. The van der Waals surface area contributed by atoms with Crippen molar-refractivity contribution in [2.24, 2.45) is 5.41 Å². The Bertz CT molecular complexity index is 782. The van der Waals surface area contributed by atoms with Crippen LogP contribution in [-0.4, -0.2) is 16.9 Å². The zero-order chi connectivity index (χ0) is 17.4. The summed E-state index contributed by atoms with van der Waals surface area (Å²) in [7, 11) is 0. The Kier molecular flexibility index (Phi) is 4.26. The molecule has 0 atom stereocenters. The average Bonchev–Trinajstić information content (AvgIpc) is 3.02. The maximum Gasteiger partial charge on any atom is 0.267 e. The third-order valence-electron chi connectivity index (χ3n) is 6.19. The standard InChI is InChI=1S/C20H24F2N2O/c21-13-10-16(22)15-12-18(24-17(15)11-13)19(25)23-14-4-8-20(9-5-14)6-2-1-3-7-20/h10-12,14,24H,1-9H2,(H,23,25). The average molecular weight is 346 g/mol. The van der Waals surface area contributed by atoms with Gasteiger partial charge in [0.2, 0.25) is 0 Å². The molecular weight excluding hydrogens is 322 g/mol. The van der Waals surface area contributed by atoms with Gasteiger partial charge in [0, 0.05) is 17.5 Å². The number of hydrogen-bond acceptors (Lipinski definition) is 1. The van der Waals surface area contributed by atoms with E-state index >= 15 is 0 Å². The fourth-order valence-corrected chi connectivity index (χ4v) is 4.72. The van der Waals surface area contributed by atoms with Crippen LogP contribution in [0.3, 0.4) is 0 Å². The highest BCUT2D eigenvalue weighted by atomic mass is 19.1. The molecule has 0 bridgehead atoms. The molecule has 1 amide bonds. The quantitative estimate of drug-likeness (QED) is 0.783. The van der Waals surface area contributed by atoms with Gasteiger partial charge in [-0.05, 0) is 56.1 Å². The Labute approximate surface area is 146 Å². The van der Waals surface area contributed by atoms with Crippen molar-refractivity contribution >= 4 is 16.8 Å². The first kappa shape index (κ1) is 16.6. The van der Waals surface area contributed by atoms with Crippen molar-refractivity contribution in [3.63, 3.8) is 0 Å². The Hall–Kier alpha value is -1.91. The minimum Gasteiger partial charge on any atom is -0.350 e. The van der Waals surface area contributed by atoms with E-state index in [-0.39, 0.29) is 23.0 Å². The van der Waals surface area contributed by atoms with Gasteiger partial charge in [-0.1, -0.05) is 19.3 Å². The first-order chi connectivity index (χ1) is 12.0. The first-order valence-electron chi connectivity index (χ1n) is 9.33. The van der Waals surface area contributed by atoms with Crippen LogP contribution in [0.2, 0.25) is 0 Å². The van der Waals surface area contributed by atoms with E-state index in [1.807, 2.05) is 0 Å². The molecule has 2 N–H and O–H groups in total. The second-order valence-electron chi connectivity index (χ2n) is 7.84. The van der Waals surface area contributed by atoms with Crippen LogP contribution in [0.4, 0.5) is 8.78 Å². The number of fused-ring (bicyclic) bond motifs is 1. The first-order valence-corrected chi connectivity index (χ1v) is 9.33. The number of benzene rings is 1. The molecule has 0 radical (unpaired) electrons. The van der Waals surface area contributed by atoms with Gasteiger partial charge in [-0.2, -0.15) is 0 Å². The fourth-order valence-electron chi connectivity index (χ4n) is 4.72. The molecule has 5 heteroatoms. The Morgan fingerprint density at radius 2 is 1.76 bits per heavy atom. The molecule has 2 aliphatic carbocycles. The third kappa shape index (κ3) is 3.29. The monoisotopic (exact) mass is 346 g/mol. The molecule has 1 spiro atoms. The second kappa shape index (κ2) is 6.43. The third-order valence-corrected chi connectivity index (χ3v) is 6.19. The van der Waals surface area contributed by atoms with Crippen molar-refractivity contribution in [2.75, 3.05) is 0 Å². The van der Waals surface area contributed by atoms with Crippen LogP contribution >= 0.6 is 0 Å². The van der Waals surface area contributed by atoms with E-state index < -0.39 is 11.6 Å². The van der Waals surface area contributed by atoms with E-state index in [1.165, 1.54) is 57.1 Å². The molecule has 1 aromatic carbocycles. The van der Waals surface area contributed by atoms with Crippen molar-refractivity contribution < 1.29 is 13.6 Å². The van der Waals surface area contributed by atoms with Crippen LogP contribution in [0.25, 0.3) is 10.9 Å². The molecule has 2 fully saturated rings. The smallest absolute Gasteiger partial charge is 0.267 e.